The highest BCUT2D eigenvalue weighted by atomic mass is 16.5. The molecule has 3 atom stereocenters. The van der Waals surface area contributed by atoms with E-state index in [1.54, 1.807) is 30.3 Å². The van der Waals surface area contributed by atoms with Crippen LogP contribution in [0.15, 0.2) is 78.9 Å². The molecule has 12 nitrogen and oxygen atoms in total. The monoisotopic (exact) mass is 600 g/mol. The van der Waals surface area contributed by atoms with Crippen molar-refractivity contribution in [2.75, 3.05) is 13.2 Å². The maximum absolute atomic E-state index is 13.1. The lowest BCUT2D eigenvalue weighted by Gasteiger charge is -2.25. The molecule has 0 fully saturated rings. The van der Waals surface area contributed by atoms with E-state index >= 15 is 0 Å². The zero-order chi connectivity index (χ0) is 31.8. The van der Waals surface area contributed by atoms with E-state index in [0.717, 1.165) is 22.3 Å². The van der Waals surface area contributed by atoms with Gasteiger partial charge in [0.15, 0.2) is 0 Å². The third-order valence-corrected chi connectivity index (χ3v) is 7.18. The van der Waals surface area contributed by atoms with Gasteiger partial charge in [0, 0.05) is 11.5 Å². The summed E-state index contributed by atoms with van der Waals surface area (Å²) in [7, 11) is 0. The molecule has 12 heteroatoms. The highest BCUT2D eigenvalue weighted by Crippen LogP contribution is 2.44. The van der Waals surface area contributed by atoms with E-state index < -0.39 is 60.2 Å². The number of hydrogen-bond donors (Lipinski definition) is 5. The Morgan fingerprint density at radius 1 is 0.773 bits per heavy atom. The largest absolute Gasteiger partial charge is 0.480 e. The van der Waals surface area contributed by atoms with Gasteiger partial charge in [0.25, 0.3) is 11.8 Å². The number of carbonyl (C=O) groups excluding carboxylic acids is 5. The molecule has 5 N–H and O–H groups in total. The van der Waals surface area contributed by atoms with Crippen LogP contribution in [0.25, 0.3) is 11.1 Å². The van der Waals surface area contributed by atoms with E-state index in [-0.39, 0.29) is 12.5 Å². The molecule has 0 aliphatic heterocycles. The van der Waals surface area contributed by atoms with Crippen LogP contribution in [0.5, 0.6) is 0 Å². The second kappa shape index (κ2) is 14.1. The molecular weight excluding hydrogens is 568 g/mol. The van der Waals surface area contributed by atoms with Crippen LogP contribution in [0.2, 0.25) is 0 Å². The summed E-state index contributed by atoms with van der Waals surface area (Å²) in [4.78, 5) is 74.7. The molecule has 4 amide bonds. The summed E-state index contributed by atoms with van der Waals surface area (Å²) in [5.74, 6) is -5.45. The quantitative estimate of drug-likeness (QED) is 0.196. The fraction of sp³-hybridized carbons (Fsp3) is 0.250. The minimum atomic E-state index is -1.61. The molecule has 0 heterocycles. The summed E-state index contributed by atoms with van der Waals surface area (Å²) >= 11 is 0. The van der Waals surface area contributed by atoms with Crippen LogP contribution in [0.1, 0.15) is 41.3 Å². The molecule has 0 aromatic heterocycles. The number of carboxylic acid groups (broad SMARTS) is 1. The van der Waals surface area contributed by atoms with E-state index in [0.29, 0.717) is 5.56 Å². The average Bonchev–Trinajstić information content (AvgIpc) is 3.34. The van der Waals surface area contributed by atoms with Crippen LogP contribution in [-0.2, 0) is 23.9 Å². The lowest BCUT2D eigenvalue weighted by atomic mass is 9.98. The number of ether oxygens (including phenoxy) is 1. The van der Waals surface area contributed by atoms with Gasteiger partial charge in [-0.3, -0.25) is 24.0 Å². The number of amides is 4. The summed E-state index contributed by atoms with van der Waals surface area (Å²) in [5.41, 5.74) is 4.38. The van der Waals surface area contributed by atoms with Crippen molar-refractivity contribution < 1.29 is 38.6 Å². The molecule has 1 aliphatic rings. The van der Waals surface area contributed by atoms with Crippen molar-refractivity contribution >= 4 is 35.6 Å². The molecule has 3 aromatic rings. The predicted molar refractivity (Wildman–Crippen MR) is 159 cm³/mol. The summed E-state index contributed by atoms with van der Waals surface area (Å²) in [6, 6.07) is 19.5. The van der Waals surface area contributed by atoms with Crippen LogP contribution in [0.3, 0.4) is 0 Å². The molecule has 4 rings (SSSR count). The molecule has 0 saturated carbocycles. The molecule has 0 bridgehead atoms. The third-order valence-electron chi connectivity index (χ3n) is 7.18. The number of carboxylic acids is 1. The number of carbonyl (C=O) groups is 6. The SMILES string of the molecule is C[C@H](NC(=O)C(=O)[C@@H](NC(=O)CNC(=O)c1ccccc1)[C@@H](C)NC(=O)OCC1c2ccccc2-c2ccccc21)C(=O)O. The minimum absolute atomic E-state index is 0.0142. The lowest BCUT2D eigenvalue weighted by molar-refractivity contribution is -0.145. The summed E-state index contributed by atoms with van der Waals surface area (Å²) < 4.78 is 5.52. The van der Waals surface area contributed by atoms with Crippen LogP contribution in [0, 0.1) is 0 Å². The van der Waals surface area contributed by atoms with Gasteiger partial charge in [-0.1, -0.05) is 66.7 Å². The number of benzene rings is 3. The van der Waals surface area contributed by atoms with Gasteiger partial charge in [-0.05, 0) is 48.2 Å². The maximum atomic E-state index is 13.1. The fourth-order valence-corrected chi connectivity index (χ4v) is 4.87. The molecule has 228 valence electrons. The number of ketones is 1. The standard InChI is InChI=1S/C32H32N4O8/c1-18(35-32(43)44-17-25-23-14-8-6-12-21(23)22-13-7-9-15-24(22)25)27(28(38)30(40)34-19(2)31(41)42)36-26(37)16-33-29(39)20-10-4-3-5-11-20/h3-15,18-19,25,27H,16-17H2,1-2H3,(H,33,39)(H,34,40)(H,35,43)(H,36,37)(H,41,42)/t18-,19+,27+/m1/s1. The highest BCUT2D eigenvalue weighted by molar-refractivity contribution is 6.39. The Balaban J connectivity index is 1.41. The smallest absolute Gasteiger partial charge is 0.407 e. The van der Waals surface area contributed by atoms with Crippen molar-refractivity contribution in [1.29, 1.82) is 0 Å². The second-order valence-corrected chi connectivity index (χ2v) is 10.3. The van der Waals surface area contributed by atoms with Gasteiger partial charge in [-0.15, -0.1) is 0 Å². The Kier molecular flexibility index (Phi) is 10.1. The first-order valence-corrected chi connectivity index (χ1v) is 13.9. The van der Waals surface area contributed by atoms with Gasteiger partial charge < -0.3 is 31.1 Å². The van der Waals surface area contributed by atoms with Crippen LogP contribution < -0.4 is 21.3 Å². The van der Waals surface area contributed by atoms with Crippen molar-refractivity contribution in [3.05, 3.63) is 95.6 Å². The number of Topliss-reactive ketones (excluding diaryl/α,β-unsaturated/α-hetero) is 1. The Morgan fingerprint density at radius 2 is 1.34 bits per heavy atom. The van der Waals surface area contributed by atoms with E-state index in [9.17, 15) is 28.8 Å². The summed E-state index contributed by atoms with van der Waals surface area (Å²) in [6.45, 7) is 1.99. The Morgan fingerprint density at radius 3 is 1.93 bits per heavy atom. The van der Waals surface area contributed by atoms with Crippen molar-refractivity contribution in [2.24, 2.45) is 0 Å². The molecule has 0 radical (unpaired) electrons. The first kappa shape index (κ1) is 31.4. The van der Waals surface area contributed by atoms with Gasteiger partial charge in [-0.2, -0.15) is 0 Å². The van der Waals surface area contributed by atoms with Crippen LogP contribution in [0.4, 0.5) is 4.79 Å². The first-order valence-electron chi connectivity index (χ1n) is 13.9. The van der Waals surface area contributed by atoms with Crippen molar-refractivity contribution in [3.63, 3.8) is 0 Å². The topological polar surface area (TPSA) is 180 Å². The first-order chi connectivity index (χ1) is 21.1. The highest BCUT2D eigenvalue weighted by Gasteiger charge is 2.35. The van der Waals surface area contributed by atoms with Crippen molar-refractivity contribution in [3.8, 4) is 11.1 Å². The number of fused-ring (bicyclic) bond motifs is 3. The normalized spacial score (nSPS) is 13.7. The molecule has 0 spiro atoms. The average molecular weight is 601 g/mol. The Labute approximate surface area is 253 Å². The Hall–Kier alpha value is -5.52. The van der Waals surface area contributed by atoms with E-state index in [1.165, 1.54) is 13.8 Å². The predicted octanol–water partition coefficient (Wildman–Crippen LogP) is 1.99. The van der Waals surface area contributed by atoms with E-state index in [1.807, 2.05) is 53.8 Å². The molecule has 3 aromatic carbocycles. The van der Waals surface area contributed by atoms with E-state index in [4.69, 9.17) is 9.84 Å². The molecule has 0 saturated heterocycles. The molecular formula is C32H32N4O8. The number of alkyl carbamates (subject to hydrolysis) is 1. The van der Waals surface area contributed by atoms with Crippen LogP contribution >= 0.6 is 0 Å². The zero-order valence-electron chi connectivity index (χ0n) is 24.0. The van der Waals surface area contributed by atoms with Crippen LogP contribution in [-0.4, -0.2) is 72.0 Å². The zero-order valence-corrected chi connectivity index (χ0v) is 24.0. The summed E-state index contributed by atoms with van der Waals surface area (Å²) in [6.07, 6.45) is -0.900. The van der Waals surface area contributed by atoms with E-state index in [2.05, 4.69) is 16.0 Å². The number of hydrogen-bond acceptors (Lipinski definition) is 7. The number of nitrogens with one attached hydrogen (secondary N) is 4. The van der Waals surface area contributed by atoms with Gasteiger partial charge in [0.2, 0.25) is 11.7 Å². The van der Waals surface area contributed by atoms with Gasteiger partial charge >= 0.3 is 12.1 Å². The number of aliphatic carboxylic acids is 1. The van der Waals surface area contributed by atoms with Crippen molar-refractivity contribution in [1.82, 2.24) is 21.3 Å². The maximum Gasteiger partial charge on any atom is 0.407 e. The van der Waals surface area contributed by atoms with Gasteiger partial charge in [0.05, 0.1) is 12.6 Å². The minimum Gasteiger partial charge on any atom is -0.480 e. The Bertz CT molecular complexity index is 1530. The number of rotatable bonds is 12. The molecule has 0 unspecified atom stereocenters. The fourth-order valence-electron chi connectivity index (χ4n) is 4.87. The molecule has 44 heavy (non-hydrogen) atoms. The molecule has 1 aliphatic carbocycles. The summed E-state index contributed by atoms with van der Waals surface area (Å²) in [5, 5.41) is 18.4. The third kappa shape index (κ3) is 7.46. The lowest BCUT2D eigenvalue weighted by Crippen LogP contribution is -2.59. The van der Waals surface area contributed by atoms with Crippen molar-refractivity contribution in [2.45, 2.75) is 37.9 Å². The second-order valence-electron chi connectivity index (χ2n) is 10.3. The van der Waals surface area contributed by atoms with Gasteiger partial charge in [0.1, 0.15) is 18.7 Å². The van der Waals surface area contributed by atoms with Gasteiger partial charge in [-0.25, -0.2) is 4.79 Å².